The van der Waals surface area contributed by atoms with Gasteiger partial charge in [-0.05, 0) is 43.9 Å². The monoisotopic (exact) mass is 349 g/mol. The number of ether oxygens (including phenoxy) is 1. The number of hydrazine groups is 1. The summed E-state index contributed by atoms with van der Waals surface area (Å²) < 4.78 is 5.05. The van der Waals surface area contributed by atoms with Gasteiger partial charge in [0.05, 0.1) is 11.6 Å². The van der Waals surface area contributed by atoms with Crippen LogP contribution in [0.3, 0.4) is 0 Å². The summed E-state index contributed by atoms with van der Waals surface area (Å²) in [5.41, 5.74) is 5.01. The molecule has 138 valence electrons. The second-order valence-corrected chi connectivity index (χ2v) is 6.33. The van der Waals surface area contributed by atoms with Crippen molar-refractivity contribution in [1.29, 1.82) is 0 Å². The summed E-state index contributed by atoms with van der Waals surface area (Å²) in [4.78, 5) is 25.6. The number of aryl methyl sites for hydroxylation is 1. The van der Waals surface area contributed by atoms with Gasteiger partial charge in [-0.3, -0.25) is 4.79 Å². The van der Waals surface area contributed by atoms with Gasteiger partial charge in [-0.25, -0.2) is 15.2 Å². The summed E-state index contributed by atoms with van der Waals surface area (Å²) in [6.07, 6.45) is 1.21. The van der Waals surface area contributed by atoms with Crippen molar-refractivity contribution in [2.75, 3.05) is 38.4 Å². The van der Waals surface area contributed by atoms with Crippen LogP contribution in [0.15, 0.2) is 24.3 Å². The molecular formula is C18H27N3O4. The van der Waals surface area contributed by atoms with Crippen molar-refractivity contribution in [2.45, 2.75) is 26.2 Å². The van der Waals surface area contributed by atoms with Crippen LogP contribution in [0.5, 0.6) is 0 Å². The molecule has 1 unspecified atom stereocenters. The second-order valence-electron chi connectivity index (χ2n) is 6.33. The number of carboxylic acid groups (broad SMARTS) is 1. The smallest absolute Gasteiger partial charge is 0.407 e. The Morgan fingerprint density at radius 1 is 1.44 bits per heavy atom. The lowest BCUT2D eigenvalue weighted by Crippen LogP contribution is -2.51. The van der Waals surface area contributed by atoms with E-state index in [1.807, 2.05) is 31.2 Å². The number of likely N-dealkylation sites (tertiary alicyclic amines) is 1. The third-order valence-electron chi connectivity index (χ3n) is 4.32. The number of anilines is 1. The summed E-state index contributed by atoms with van der Waals surface area (Å²) in [5, 5.41) is 10.8. The second kappa shape index (κ2) is 9.39. The van der Waals surface area contributed by atoms with Crippen LogP contribution >= 0.6 is 0 Å². The van der Waals surface area contributed by atoms with Gasteiger partial charge in [0.1, 0.15) is 0 Å². The highest BCUT2D eigenvalue weighted by atomic mass is 16.5. The number of amides is 2. The fourth-order valence-electron chi connectivity index (χ4n) is 3.01. The number of methoxy groups -OCH3 is 1. The first kappa shape index (κ1) is 19.2. The van der Waals surface area contributed by atoms with E-state index in [2.05, 4.69) is 5.43 Å². The first-order valence-electron chi connectivity index (χ1n) is 8.64. The third kappa shape index (κ3) is 5.44. The van der Waals surface area contributed by atoms with E-state index >= 15 is 0 Å². The molecular weight excluding hydrogens is 322 g/mol. The van der Waals surface area contributed by atoms with Gasteiger partial charge in [0.15, 0.2) is 0 Å². The summed E-state index contributed by atoms with van der Waals surface area (Å²) in [5.74, 6) is -0.422. The molecule has 0 spiro atoms. The lowest BCUT2D eigenvalue weighted by Gasteiger charge is -2.34. The Balaban J connectivity index is 2.12. The first-order chi connectivity index (χ1) is 12.0. The van der Waals surface area contributed by atoms with Gasteiger partial charge < -0.3 is 14.7 Å². The normalized spacial score (nSPS) is 17.4. The van der Waals surface area contributed by atoms with E-state index in [1.54, 1.807) is 12.1 Å². The molecule has 25 heavy (non-hydrogen) atoms. The van der Waals surface area contributed by atoms with Crippen LogP contribution in [0, 0.1) is 12.8 Å². The van der Waals surface area contributed by atoms with Crippen LogP contribution in [-0.2, 0) is 9.53 Å². The lowest BCUT2D eigenvalue weighted by atomic mass is 9.97. The van der Waals surface area contributed by atoms with Crippen LogP contribution in [0.2, 0.25) is 0 Å². The molecule has 2 N–H and O–H groups in total. The Bertz CT molecular complexity index is 593. The van der Waals surface area contributed by atoms with E-state index < -0.39 is 6.09 Å². The van der Waals surface area contributed by atoms with Crippen molar-refractivity contribution in [3.8, 4) is 0 Å². The van der Waals surface area contributed by atoms with Crippen molar-refractivity contribution in [1.82, 2.24) is 10.3 Å². The maximum atomic E-state index is 13.1. The SMILES string of the molecule is COCCCNN(C(=O)C1CCCN(C(=O)O)C1)c1cccc(C)c1. The van der Waals surface area contributed by atoms with E-state index in [-0.39, 0.29) is 18.4 Å². The predicted octanol–water partition coefficient (Wildman–Crippen LogP) is 2.26. The maximum absolute atomic E-state index is 13.1. The minimum absolute atomic E-state index is 0.0889. The molecule has 7 heteroatoms. The minimum atomic E-state index is -0.965. The van der Waals surface area contributed by atoms with Crippen molar-refractivity contribution >= 4 is 17.7 Å². The maximum Gasteiger partial charge on any atom is 0.407 e. The molecule has 0 radical (unpaired) electrons. The zero-order chi connectivity index (χ0) is 18.2. The molecule has 1 saturated heterocycles. The molecule has 0 aromatic heterocycles. The number of carbonyl (C=O) groups excluding carboxylic acids is 1. The van der Waals surface area contributed by atoms with E-state index in [1.165, 1.54) is 4.90 Å². The van der Waals surface area contributed by atoms with Crippen molar-refractivity contribution in [3.05, 3.63) is 29.8 Å². The number of carbonyl (C=O) groups is 2. The number of hydrogen-bond donors (Lipinski definition) is 2. The Kier molecular flexibility index (Phi) is 7.21. The summed E-state index contributed by atoms with van der Waals surface area (Å²) in [7, 11) is 1.64. The van der Waals surface area contributed by atoms with Crippen LogP contribution < -0.4 is 10.4 Å². The molecule has 1 aliphatic rings. The molecule has 7 nitrogen and oxygen atoms in total. The van der Waals surface area contributed by atoms with Gasteiger partial charge >= 0.3 is 6.09 Å². The predicted molar refractivity (Wildman–Crippen MR) is 95.5 cm³/mol. The number of piperidine rings is 1. The zero-order valence-corrected chi connectivity index (χ0v) is 14.9. The Morgan fingerprint density at radius 3 is 2.92 bits per heavy atom. The number of benzene rings is 1. The highest BCUT2D eigenvalue weighted by Crippen LogP contribution is 2.22. The lowest BCUT2D eigenvalue weighted by molar-refractivity contribution is -0.124. The van der Waals surface area contributed by atoms with Crippen LogP contribution in [0.25, 0.3) is 0 Å². The molecule has 1 aromatic carbocycles. The standard InChI is InChI=1S/C18H27N3O4/c1-14-6-3-8-16(12-14)21(19-9-5-11-25-2)17(22)15-7-4-10-20(13-15)18(23)24/h3,6,8,12,15,19H,4-5,7,9-11,13H2,1-2H3,(H,23,24). The Labute approximate surface area is 148 Å². The quantitative estimate of drug-likeness (QED) is 0.583. The number of hydrogen-bond acceptors (Lipinski definition) is 4. The first-order valence-corrected chi connectivity index (χ1v) is 8.64. The molecule has 1 fully saturated rings. The van der Waals surface area contributed by atoms with Crippen LogP contribution in [-0.4, -0.2) is 55.4 Å². The molecule has 0 bridgehead atoms. The third-order valence-corrected chi connectivity index (χ3v) is 4.32. The molecule has 2 rings (SSSR count). The van der Waals surface area contributed by atoms with Gasteiger partial charge in [-0.15, -0.1) is 0 Å². The van der Waals surface area contributed by atoms with Gasteiger partial charge in [-0.1, -0.05) is 12.1 Å². The van der Waals surface area contributed by atoms with Crippen molar-refractivity contribution in [3.63, 3.8) is 0 Å². The van der Waals surface area contributed by atoms with E-state index in [0.717, 1.165) is 17.7 Å². The van der Waals surface area contributed by atoms with E-state index in [4.69, 9.17) is 4.74 Å². The fourth-order valence-corrected chi connectivity index (χ4v) is 3.01. The largest absolute Gasteiger partial charge is 0.465 e. The van der Waals surface area contributed by atoms with Crippen LogP contribution in [0.4, 0.5) is 10.5 Å². The van der Waals surface area contributed by atoms with Crippen molar-refractivity contribution in [2.24, 2.45) is 5.92 Å². The van der Waals surface area contributed by atoms with Gasteiger partial charge in [0, 0.05) is 33.4 Å². The summed E-state index contributed by atoms with van der Waals surface area (Å²) in [6.45, 7) is 3.92. The minimum Gasteiger partial charge on any atom is -0.465 e. The van der Waals surface area contributed by atoms with E-state index in [9.17, 15) is 14.7 Å². The number of nitrogens with zero attached hydrogens (tertiary/aromatic N) is 2. The topological polar surface area (TPSA) is 82.1 Å². The van der Waals surface area contributed by atoms with Crippen LogP contribution in [0.1, 0.15) is 24.8 Å². The Morgan fingerprint density at radius 2 is 2.24 bits per heavy atom. The molecule has 1 aromatic rings. The highest BCUT2D eigenvalue weighted by Gasteiger charge is 2.31. The number of rotatable bonds is 7. The average molecular weight is 349 g/mol. The van der Waals surface area contributed by atoms with Crippen molar-refractivity contribution < 1.29 is 19.4 Å². The Hall–Kier alpha value is -2.12. The molecule has 1 atom stereocenters. The molecule has 0 aliphatic carbocycles. The van der Waals surface area contributed by atoms with Gasteiger partial charge in [-0.2, -0.15) is 0 Å². The average Bonchev–Trinajstić information content (AvgIpc) is 2.61. The fraction of sp³-hybridized carbons (Fsp3) is 0.556. The van der Waals surface area contributed by atoms with Gasteiger partial charge in [0.2, 0.25) is 5.91 Å². The zero-order valence-electron chi connectivity index (χ0n) is 14.9. The van der Waals surface area contributed by atoms with E-state index in [0.29, 0.717) is 32.5 Å². The summed E-state index contributed by atoms with van der Waals surface area (Å²) in [6, 6.07) is 7.71. The number of nitrogens with one attached hydrogen (secondary N) is 1. The highest BCUT2D eigenvalue weighted by molar-refractivity contribution is 5.94. The molecule has 2 amide bonds. The van der Waals surface area contributed by atoms with Gasteiger partial charge in [0.25, 0.3) is 0 Å². The molecule has 1 aliphatic heterocycles. The molecule has 1 heterocycles. The molecule has 0 saturated carbocycles. The summed E-state index contributed by atoms with van der Waals surface area (Å²) >= 11 is 0.